The molecule has 106 valence electrons. The summed E-state index contributed by atoms with van der Waals surface area (Å²) in [4.78, 5) is 15.3. The molecule has 0 amide bonds. The summed E-state index contributed by atoms with van der Waals surface area (Å²) >= 11 is 0. The first kappa shape index (κ1) is 14.0. The number of nitrogens with zero attached hydrogens (tertiary/aromatic N) is 2. The van der Waals surface area contributed by atoms with Crippen molar-refractivity contribution >= 4 is 5.97 Å². The van der Waals surface area contributed by atoms with E-state index in [-0.39, 0.29) is 23.9 Å². The Morgan fingerprint density at radius 1 is 1.47 bits per heavy atom. The fraction of sp³-hybridized carbons (Fsp3) is 0.769. The monoisotopic (exact) mass is 268 g/mol. The van der Waals surface area contributed by atoms with Crippen molar-refractivity contribution in [2.45, 2.75) is 45.1 Å². The number of hydrogen-bond donors (Lipinski definition) is 1. The summed E-state index contributed by atoms with van der Waals surface area (Å²) in [5, 5.41) is 13.0. The molecule has 6 heteroatoms. The second-order valence-electron chi connectivity index (χ2n) is 5.44. The summed E-state index contributed by atoms with van der Waals surface area (Å²) in [7, 11) is 1.62. The van der Waals surface area contributed by atoms with Crippen molar-refractivity contribution < 1.29 is 19.2 Å². The van der Waals surface area contributed by atoms with Crippen LogP contribution in [-0.2, 0) is 9.53 Å². The molecule has 19 heavy (non-hydrogen) atoms. The van der Waals surface area contributed by atoms with Crippen LogP contribution < -0.4 is 0 Å². The SMILES string of the molecule is COC(c1noc(C2CCC(C(=O)O)C2)n1)C(C)C. The molecule has 0 aromatic carbocycles. The number of ether oxygens (including phenoxy) is 1. The van der Waals surface area contributed by atoms with Gasteiger partial charge in [0.15, 0.2) is 0 Å². The first-order chi connectivity index (χ1) is 9.02. The second-order valence-corrected chi connectivity index (χ2v) is 5.44. The third-order valence-corrected chi connectivity index (χ3v) is 3.70. The zero-order valence-corrected chi connectivity index (χ0v) is 11.5. The van der Waals surface area contributed by atoms with E-state index in [1.54, 1.807) is 7.11 Å². The zero-order chi connectivity index (χ0) is 14.0. The highest BCUT2D eigenvalue weighted by Gasteiger charge is 2.34. The largest absolute Gasteiger partial charge is 0.481 e. The molecule has 1 aromatic rings. The quantitative estimate of drug-likeness (QED) is 0.882. The van der Waals surface area contributed by atoms with Gasteiger partial charge < -0.3 is 14.4 Å². The Morgan fingerprint density at radius 3 is 2.74 bits per heavy atom. The third kappa shape index (κ3) is 2.94. The lowest BCUT2D eigenvalue weighted by atomic mass is 10.0. The van der Waals surface area contributed by atoms with Gasteiger partial charge in [0.25, 0.3) is 0 Å². The van der Waals surface area contributed by atoms with E-state index in [1.165, 1.54) is 0 Å². The number of rotatable bonds is 5. The maximum absolute atomic E-state index is 10.9. The predicted octanol–water partition coefficient (Wildman–Crippen LogP) is 2.38. The lowest BCUT2D eigenvalue weighted by molar-refractivity contribution is -0.141. The van der Waals surface area contributed by atoms with Gasteiger partial charge in [-0.25, -0.2) is 0 Å². The molecule has 1 fully saturated rings. The highest BCUT2D eigenvalue weighted by atomic mass is 16.5. The fourth-order valence-corrected chi connectivity index (χ4v) is 2.63. The molecule has 0 bridgehead atoms. The molecule has 0 spiro atoms. The van der Waals surface area contributed by atoms with Gasteiger partial charge in [0, 0.05) is 13.0 Å². The summed E-state index contributed by atoms with van der Waals surface area (Å²) in [5.41, 5.74) is 0. The fourth-order valence-electron chi connectivity index (χ4n) is 2.63. The van der Waals surface area contributed by atoms with E-state index in [1.807, 2.05) is 13.8 Å². The molecule has 2 rings (SSSR count). The van der Waals surface area contributed by atoms with Crippen LogP contribution >= 0.6 is 0 Å². The van der Waals surface area contributed by atoms with Crippen LogP contribution in [0.2, 0.25) is 0 Å². The minimum Gasteiger partial charge on any atom is -0.481 e. The maximum Gasteiger partial charge on any atom is 0.306 e. The van der Waals surface area contributed by atoms with E-state index in [0.717, 1.165) is 6.42 Å². The number of carboxylic acid groups (broad SMARTS) is 1. The summed E-state index contributed by atoms with van der Waals surface area (Å²) in [5.74, 6) is 0.383. The van der Waals surface area contributed by atoms with Crippen LogP contribution in [-0.4, -0.2) is 28.3 Å². The van der Waals surface area contributed by atoms with Gasteiger partial charge in [0.1, 0.15) is 6.10 Å². The number of methoxy groups -OCH3 is 1. The van der Waals surface area contributed by atoms with Crippen LogP contribution in [0.4, 0.5) is 0 Å². The molecule has 3 unspecified atom stereocenters. The van der Waals surface area contributed by atoms with Gasteiger partial charge in [-0.15, -0.1) is 0 Å². The topological polar surface area (TPSA) is 85.5 Å². The Morgan fingerprint density at radius 2 is 2.21 bits per heavy atom. The van der Waals surface area contributed by atoms with Crippen molar-refractivity contribution in [2.75, 3.05) is 7.11 Å². The van der Waals surface area contributed by atoms with Crippen molar-refractivity contribution in [1.29, 1.82) is 0 Å². The Hall–Kier alpha value is -1.43. The summed E-state index contributed by atoms with van der Waals surface area (Å²) in [6.07, 6.45) is 1.86. The van der Waals surface area contributed by atoms with E-state index >= 15 is 0 Å². The molecule has 0 radical (unpaired) electrons. The first-order valence-corrected chi connectivity index (χ1v) is 6.62. The molecule has 1 aliphatic carbocycles. The number of aliphatic carboxylic acids is 1. The van der Waals surface area contributed by atoms with Gasteiger partial charge in [0.05, 0.1) is 5.92 Å². The smallest absolute Gasteiger partial charge is 0.306 e. The molecular weight excluding hydrogens is 248 g/mol. The van der Waals surface area contributed by atoms with Crippen molar-refractivity contribution in [1.82, 2.24) is 10.1 Å². The summed E-state index contributed by atoms with van der Waals surface area (Å²) < 4.78 is 10.6. The number of hydrogen-bond acceptors (Lipinski definition) is 5. The van der Waals surface area contributed by atoms with E-state index in [0.29, 0.717) is 24.6 Å². The molecule has 1 aliphatic rings. The molecule has 0 aliphatic heterocycles. The minimum absolute atomic E-state index is 0.0621. The highest BCUT2D eigenvalue weighted by molar-refractivity contribution is 5.70. The molecule has 3 atom stereocenters. The van der Waals surface area contributed by atoms with Crippen LogP contribution in [0.1, 0.15) is 56.8 Å². The number of carboxylic acids is 1. The van der Waals surface area contributed by atoms with Gasteiger partial charge in [-0.3, -0.25) is 4.79 Å². The van der Waals surface area contributed by atoms with Gasteiger partial charge in [-0.2, -0.15) is 4.98 Å². The third-order valence-electron chi connectivity index (χ3n) is 3.70. The summed E-state index contributed by atoms with van der Waals surface area (Å²) in [6.45, 7) is 4.06. The molecule has 6 nitrogen and oxygen atoms in total. The molecule has 1 heterocycles. The van der Waals surface area contributed by atoms with Crippen LogP contribution in [0.5, 0.6) is 0 Å². The Kier molecular flexibility index (Phi) is 4.19. The average Bonchev–Trinajstić information content (AvgIpc) is 2.96. The maximum atomic E-state index is 10.9. The Balaban J connectivity index is 2.07. The average molecular weight is 268 g/mol. The number of carbonyl (C=O) groups is 1. The van der Waals surface area contributed by atoms with E-state index in [4.69, 9.17) is 14.4 Å². The highest BCUT2D eigenvalue weighted by Crippen LogP contribution is 2.38. The lowest BCUT2D eigenvalue weighted by Crippen LogP contribution is -2.11. The van der Waals surface area contributed by atoms with Gasteiger partial charge >= 0.3 is 5.97 Å². The van der Waals surface area contributed by atoms with Crippen LogP contribution in [0.3, 0.4) is 0 Å². The molecular formula is C13H20N2O4. The second kappa shape index (κ2) is 5.69. The standard InChI is InChI=1S/C13H20N2O4/c1-7(2)10(18-3)11-14-12(19-15-11)8-4-5-9(6-8)13(16)17/h7-10H,4-6H2,1-3H3,(H,16,17). The Labute approximate surface area is 112 Å². The lowest BCUT2D eigenvalue weighted by Gasteiger charge is -2.14. The number of aromatic nitrogens is 2. The van der Waals surface area contributed by atoms with E-state index in [2.05, 4.69) is 10.1 Å². The predicted molar refractivity (Wildman–Crippen MR) is 66.6 cm³/mol. The van der Waals surface area contributed by atoms with Crippen LogP contribution in [0.15, 0.2) is 4.52 Å². The van der Waals surface area contributed by atoms with Gasteiger partial charge in [-0.1, -0.05) is 19.0 Å². The zero-order valence-electron chi connectivity index (χ0n) is 11.5. The van der Waals surface area contributed by atoms with E-state index in [9.17, 15) is 4.79 Å². The van der Waals surface area contributed by atoms with Crippen LogP contribution in [0.25, 0.3) is 0 Å². The first-order valence-electron chi connectivity index (χ1n) is 6.62. The van der Waals surface area contributed by atoms with Crippen molar-refractivity contribution in [2.24, 2.45) is 11.8 Å². The van der Waals surface area contributed by atoms with Crippen molar-refractivity contribution in [3.63, 3.8) is 0 Å². The van der Waals surface area contributed by atoms with Crippen molar-refractivity contribution in [3.05, 3.63) is 11.7 Å². The Bertz CT molecular complexity index is 444. The van der Waals surface area contributed by atoms with Gasteiger partial charge in [-0.05, 0) is 25.2 Å². The normalized spacial score (nSPS) is 24.8. The molecule has 1 N–H and O–H groups in total. The minimum atomic E-state index is -0.737. The van der Waals surface area contributed by atoms with Crippen molar-refractivity contribution in [3.8, 4) is 0 Å². The molecule has 0 saturated heterocycles. The van der Waals surface area contributed by atoms with Crippen LogP contribution in [0, 0.1) is 11.8 Å². The van der Waals surface area contributed by atoms with Gasteiger partial charge in [0.2, 0.25) is 11.7 Å². The molecule has 1 saturated carbocycles. The van der Waals surface area contributed by atoms with E-state index < -0.39 is 5.97 Å². The summed E-state index contributed by atoms with van der Waals surface area (Å²) in [6, 6.07) is 0. The molecule has 1 aromatic heterocycles.